The molecule has 4 heteroatoms. The largest absolute Gasteiger partial charge is 0.389 e. The van der Waals surface area contributed by atoms with E-state index in [-0.39, 0.29) is 13.2 Å². The second-order valence-corrected chi connectivity index (χ2v) is 3.06. The highest BCUT2D eigenvalue weighted by Gasteiger charge is 2.41. The fourth-order valence-electron chi connectivity index (χ4n) is 1.09. The zero-order valence-corrected chi connectivity index (χ0v) is 6.32. The highest BCUT2D eigenvalue weighted by molar-refractivity contribution is 5.04. The molecule has 1 rings (SSSR count). The number of hydrogen-bond donors (Lipinski definition) is 2. The number of aliphatic hydroxyl groups excluding tert-OH is 2. The van der Waals surface area contributed by atoms with Crippen molar-refractivity contribution in [3.05, 3.63) is 0 Å². The molecule has 0 bridgehead atoms. The van der Waals surface area contributed by atoms with E-state index in [9.17, 15) is 5.11 Å². The van der Waals surface area contributed by atoms with E-state index < -0.39 is 17.6 Å². The van der Waals surface area contributed by atoms with Crippen molar-refractivity contribution < 1.29 is 14.9 Å². The number of rotatable bonds is 0. The van der Waals surface area contributed by atoms with E-state index in [0.717, 1.165) is 0 Å². The normalized spacial score (nSPS) is 44.9. The highest BCUT2D eigenvalue weighted by Crippen LogP contribution is 2.27. The summed E-state index contributed by atoms with van der Waals surface area (Å²) in [5, 5.41) is 27.1. The molecule has 0 aromatic rings. The lowest BCUT2D eigenvalue weighted by Crippen LogP contribution is -2.50. The molecule has 62 valence electrons. The van der Waals surface area contributed by atoms with E-state index in [1.807, 2.05) is 6.07 Å². The summed E-state index contributed by atoms with van der Waals surface area (Å²) >= 11 is 0. The van der Waals surface area contributed by atoms with Gasteiger partial charge in [-0.2, -0.15) is 5.26 Å². The summed E-state index contributed by atoms with van der Waals surface area (Å²) in [6, 6.07) is 1.93. The number of nitrogens with zero attached hydrogens (tertiary/aromatic N) is 1. The van der Waals surface area contributed by atoms with Crippen LogP contribution in [-0.2, 0) is 4.74 Å². The van der Waals surface area contributed by atoms with Crippen LogP contribution in [0.3, 0.4) is 0 Å². The molecule has 0 aromatic carbocycles. The summed E-state index contributed by atoms with van der Waals surface area (Å²) < 4.78 is 4.93. The maximum Gasteiger partial charge on any atom is 0.106 e. The lowest BCUT2D eigenvalue weighted by atomic mass is 9.82. The third kappa shape index (κ3) is 1.36. The van der Waals surface area contributed by atoms with Crippen LogP contribution in [-0.4, -0.2) is 35.6 Å². The summed E-state index contributed by atoms with van der Waals surface area (Å²) in [5.74, 6) is 0. The zero-order valence-electron chi connectivity index (χ0n) is 6.32. The molecular formula is C7H11NO3. The molecule has 2 N–H and O–H groups in total. The molecule has 0 spiro atoms. The molecule has 0 aromatic heterocycles. The van der Waals surface area contributed by atoms with Crippen LogP contribution in [0.15, 0.2) is 0 Å². The Morgan fingerprint density at radius 1 is 1.64 bits per heavy atom. The molecule has 0 radical (unpaired) electrons. The maximum absolute atomic E-state index is 9.34. The van der Waals surface area contributed by atoms with E-state index in [4.69, 9.17) is 15.1 Å². The smallest absolute Gasteiger partial charge is 0.106 e. The summed E-state index contributed by atoms with van der Waals surface area (Å²) in [5.41, 5.74) is -0.961. The van der Waals surface area contributed by atoms with Gasteiger partial charge >= 0.3 is 0 Å². The van der Waals surface area contributed by atoms with Crippen LogP contribution < -0.4 is 0 Å². The molecule has 0 saturated carbocycles. The quantitative estimate of drug-likeness (QED) is 0.486. The summed E-state index contributed by atoms with van der Waals surface area (Å²) in [6.07, 6.45) is -1.94. The van der Waals surface area contributed by atoms with E-state index in [2.05, 4.69) is 0 Å². The van der Waals surface area contributed by atoms with Crippen molar-refractivity contribution in [1.29, 1.82) is 5.26 Å². The SMILES string of the molecule is CC1(C#N)COCC(O)C1O. The fraction of sp³-hybridized carbons (Fsp3) is 0.857. The average Bonchev–Trinajstić information content (AvgIpc) is 2.00. The molecule has 1 aliphatic heterocycles. The van der Waals surface area contributed by atoms with Crippen LogP contribution in [0.1, 0.15) is 6.92 Å². The molecule has 1 fully saturated rings. The number of hydrogen-bond acceptors (Lipinski definition) is 4. The van der Waals surface area contributed by atoms with Gasteiger partial charge in [0.05, 0.1) is 19.3 Å². The molecule has 11 heavy (non-hydrogen) atoms. The maximum atomic E-state index is 9.34. The van der Waals surface area contributed by atoms with Crippen molar-refractivity contribution in [2.45, 2.75) is 19.1 Å². The molecule has 3 unspecified atom stereocenters. The fourth-order valence-corrected chi connectivity index (χ4v) is 1.09. The van der Waals surface area contributed by atoms with Gasteiger partial charge in [0.1, 0.15) is 17.6 Å². The van der Waals surface area contributed by atoms with Crippen LogP contribution in [0.5, 0.6) is 0 Å². The molecule has 3 atom stereocenters. The molecule has 4 nitrogen and oxygen atoms in total. The van der Waals surface area contributed by atoms with Crippen molar-refractivity contribution in [3.8, 4) is 6.07 Å². The standard InChI is InChI=1S/C7H11NO3/c1-7(3-8)4-11-2-5(9)6(7)10/h5-6,9-10H,2,4H2,1H3. The minimum atomic E-state index is -0.999. The van der Waals surface area contributed by atoms with Gasteiger partial charge < -0.3 is 14.9 Å². The highest BCUT2D eigenvalue weighted by atomic mass is 16.5. The summed E-state index contributed by atoms with van der Waals surface area (Å²) in [7, 11) is 0. The van der Waals surface area contributed by atoms with Gasteiger partial charge in [-0.15, -0.1) is 0 Å². The Morgan fingerprint density at radius 2 is 2.27 bits per heavy atom. The molecule has 0 aliphatic carbocycles. The lowest BCUT2D eigenvalue weighted by molar-refractivity contribution is -0.139. The van der Waals surface area contributed by atoms with Gasteiger partial charge in [0, 0.05) is 0 Å². The van der Waals surface area contributed by atoms with E-state index in [0.29, 0.717) is 0 Å². The first-order valence-corrected chi connectivity index (χ1v) is 3.45. The van der Waals surface area contributed by atoms with Gasteiger partial charge in [0.15, 0.2) is 0 Å². The summed E-state index contributed by atoms with van der Waals surface area (Å²) in [6.45, 7) is 1.86. The summed E-state index contributed by atoms with van der Waals surface area (Å²) in [4.78, 5) is 0. The lowest BCUT2D eigenvalue weighted by Gasteiger charge is -2.35. The number of nitriles is 1. The van der Waals surface area contributed by atoms with E-state index in [1.165, 1.54) is 0 Å². The van der Waals surface area contributed by atoms with E-state index in [1.54, 1.807) is 6.92 Å². The second kappa shape index (κ2) is 2.78. The molecule has 1 heterocycles. The van der Waals surface area contributed by atoms with Gasteiger partial charge in [0.25, 0.3) is 0 Å². The minimum absolute atomic E-state index is 0.110. The third-order valence-corrected chi connectivity index (χ3v) is 1.96. The van der Waals surface area contributed by atoms with Crippen molar-refractivity contribution in [3.63, 3.8) is 0 Å². The first kappa shape index (κ1) is 8.47. The minimum Gasteiger partial charge on any atom is -0.389 e. The van der Waals surface area contributed by atoms with Crippen molar-refractivity contribution in [1.82, 2.24) is 0 Å². The van der Waals surface area contributed by atoms with Gasteiger partial charge in [-0.1, -0.05) is 0 Å². The van der Waals surface area contributed by atoms with Gasteiger partial charge in [0.2, 0.25) is 0 Å². The molecule has 1 aliphatic rings. The van der Waals surface area contributed by atoms with Crippen LogP contribution in [0, 0.1) is 16.7 Å². The van der Waals surface area contributed by atoms with Gasteiger partial charge in [-0.25, -0.2) is 0 Å². The Kier molecular flexibility index (Phi) is 2.14. The van der Waals surface area contributed by atoms with Crippen LogP contribution in [0.4, 0.5) is 0 Å². The molecule has 1 saturated heterocycles. The monoisotopic (exact) mass is 157 g/mol. The van der Waals surface area contributed by atoms with Gasteiger partial charge in [-0.3, -0.25) is 0 Å². The Labute approximate surface area is 65.0 Å². The third-order valence-electron chi connectivity index (χ3n) is 1.96. The Hall–Kier alpha value is -0.630. The topological polar surface area (TPSA) is 73.5 Å². The molecule has 0 amide bonds. The Morgan fingerprint density at radius 3 is 2.73 bits per heavy atom. The first-order chi connectivity index (χ1) is 5.10. The first-order valence-electron chi connectivity index (χ1n) is 3.45. The number of ether oxygens (including phenoxy) is 1. The molecular weight excluding hydrogens is 146 g/mol. The average molecular weight is 157 g/mol. The number of aliphatic hydroxyl groups is 2. The van der Waals surface area contributed by atoms with E-state index >= 15 is 0 Å². The Balaban J connectivity index is 2.74. The van der Waals surface area contributed by atoms with Crippen LogP contribution in [0.25, 0.3) is 0 Å². The van der Waals surface area contributed by atoms with Crippen molar-refractivity contribution >= 4 is 0 Å². The Bertz CT molecular complexity index is 189. The van der Waals surface area contributed by atoms with Gasteiger partial charge in [-0.05, 0) is 6.92 Å². The second-order valence-electron chi connectivity index (χ2n) is 3.06. The van der Waals surface area contributed by atoms with Crippen molar-refractivity contribution in [2.24, 2.45) is 5.41 Å². The zero-order chi connectivity index (χ0) is 8.48. The van der Waals surface area contributed by atoms with Crippen LogP contribution >= 0.6 is 0 Å². The van der Waals surface area contributed by atoms with Crippen molar-refractivity contribution in [2.75, 3.05) is 13.2 Å². The predicted molar refractivity (Wildman–Crippen MR) is 36.6 cm³/mol. The van der Waals surface area contributed by atoms with Crippen LogP contribution in [0.2, 0.25) is 0 Å². The predicted octanol–water partition coefficient (Wildman–Crippen LogP) is -0.732.